The van der Waals surface area contributed by atoms with E-state index in [1.807, 2.05) is 15.7 Å². The van der Waals surface area contributed by atoms with Gasteiger partial charge in [0.2, 0.25) is 5.91 Å². The zero-order valence-electron chi connectivity index (χ0n) is 16.2. The highest BCUT2D eigenvalue weighted by molar-refractivity contribution is 8.55. The van der Waals surface area contributed by atoms with E-state index in [9.17, 15) is 14.3 Å². The number of carbonyl (C=O) groups is 1. The monoisotopic (exact) mass is 423 g/mol. The molecular weight excluding hydrogens is 395 g/mol. The topological polar surface area (TPSA) is 113 Å². The Morgan fingerprint density at radius 1 is 1.22 bits per heavy atom. The molecule has 0 aromatic heterocycles. The van der Waals surface area contributed by atoms with Crippen molar-refractivity contribution < 1.29 is 37.7 Å². The molecule has 0 saturated carbocycles. The summed E-state index contributed by atoms with van der Waals surface area (Å²) in [7, 11) is 6.98. The lowest BCUT2D eigenvalue weighted by Crippen LogP contribution is -2.43. The second-order valence-corrected chi connectivity index (χ2v) is 10.8. The molecule has 9 nitrogen and oxygen atoms in total. The second-order valence-electron chi connectivity index (χ2n) is 6.88. The maximum absolute atomic E-state index is 12.2. The lowest BCUT2D eigenvalue weighted by molar-refractivity contribution is -0.119. The van der Waals surface area contributed by atoms with Crippen molar-refractivity contribution in [2.45, 2.75) is 49.2 Å². The van der Waals surface area contributed by atoms with Crippen LogP contribution in [-0.2, 0) is 32.8 Å². The Balaban J connectivity index is 1.74. The van der Waals surface area contributed by atoms with Gasteiger partial charge in [-0.05, 0) is 24.2 Å². The Hall–Kier alpha value is -0.0601. The van der Waals surface area contributed by atoms with E-state index in [1.165, 1.54) is 0 Å². The lowest BCUT2D eigenvalue weighted by atomic mass is 9.95. The number of methoxy groups -OCH3 is 2. The molecule has 0 spiro atoms. The largest absolute Gasteiger partial charge is 0.387 e. The summed E-state index contributed by atoms with van der Waals surface area (Å²) in [4.78, 5) is 22.1. The SMILES string of the molecule is B[C@H]1CC(NC(=O)CSP(=O)(O)OC[C@H]2O[C@@H](B)CC2OC)[C@@H](COC)O1. The third-order valence-electron chi connectivity index (χ3n) is 4.57. The van der Waals surface area contributed by atoms with Gasteiger partial charge in [0.25, 0.3) is 0 Å². The number of hydrogen-bond acceptors (Lipinski definition) is 8. The smallest absolute Gasteiger partial charge is 0.382 e. The first-order chi connectivity index (χ1) is 12.7. The number of amides is 1. The average molecular weight is 423 g/mol. The van der Waals surface area contributed by atoms with Gasteiger partial charge in [0, 0.05) is 26.2 Å². The molecule has 2 heterocycles. The molecular formula is C14H28B2NO8PS. The van der Waals surface area contributed by atoms with E-state index >= 15 is 0 Å². The van der Waals surface area contributed by atoms with Crippen molar-refractivity contribution in [1.82, 2.24) is 5.32 Å². The zero-order chi connectivity index (χ0) is 20.0. The van der Waals surface area contributed by atoms with Gasteiger partial charge in [-0.15, -0.1) is 0 Å². The highest BCUT2D eigenvalue weighted by Crippen LogP contribution is 2.55. The van der Waals surface area contributed by atoms with Gasteiger partial charge in [0.1, 0.15) is 27.9 Å². The number of rotatable bonds is 10. The Morgan fingerprint density at radius 3 is 2.56 bits per heavy atom. The predicted octanol–water partition coefficient (Wildman–Crippen LogP) is -1.52. The molecule has 1 amide bonds. The van der Waals surface area contributed by atoms with Gasteiger partial charge in [-0.25, -0.2) is 4.57 Å². The van der Waals surface area contributed by atoms with E-state index in [1.54, 1.807) is 14.2 Å². The van der Waals surface area contributed by atoms with Crippen molar-refractivity contribution in [3.63, 3.8) is 0 Å². The van der Waals surface area contributed by atoms with Crippen LogP contribution in [-0.4, -0.2) is 96.0 Å². The fraction of sp³-hybridized carbons (Fsp3) is 0.929. The lowest BCUT2D eigenvalue weighted by Gasteiger charge is -2.20. The summed E-state index contributed by atoms with van der Waals surface area (Å²) in [5.74, 6) is -0.532. The fourth-order valence-corrected chi connectivity index (χ4v) is 5.36. The third-order valence-corrected chi connectivity index (χ3v) is 7.44. The number of hydrogen-bond donors (Lipinski definition) is 2. The molecule has 2 N–H and O–H groups in total. The molecule has 2 aliphatic heterocycles. The molecule has 2 fully saturated rings. The molecule has 0 aromatic carbocycles. The maximum Gasteiger partial charge on any atom is 0.387 e. The van der Waals surface area contributed by atoms with E-state index in [-0.39, 0.29) is 48.5 Å². The quantitative estimate of drug-likeness (QED) is 0.320. The first-order valence-electron chi connectivity index (χ1n) is 8.98. The van der Waals surface area contributed by atoms with Crippen LogP contribution in [0.15, 0.2) is 0 Å². The van der Waals surface area contributed by atoms with Crippen molar-refractivity contribution in [1.29, 1.82) is 0 Å². The van der Waals surface area contributed by atoms with Crippen molar-refractivity contribution >= 4 is 39.8 Å². The normalized spacial score (nSPS) is 35.8. The van der Waals surface area contributed by atoms with E-state index in [2.05, 4.69) is 5.32 Å². The Morgan fingerprint density at radius 2 is 1.89 bits per heavy atom. The van der Waals surface area contributed by atoms with Crippen LogP contribution in [0.3, 0.4) is 0 Å². The Labute approximate surface area is 165 Å². The molecule has 13 heteroatoms. The summed E-state index contributed by atoms with van der Waals surface area (Å²) in [5, 5.41) is 2.84. The minimum absolute atomic E-state index is 0.0103. The maximum atomic E-state index is 12.2. The molecule has 3 unspecified atom stereocenters. The molecule has 7 atom stereocenters. The minimum atomic E-state index is -3.98. The van der Waals surface area contributed by atoms with Gasteiger partial charge in [0.05, 0.1) is 31.1 Å². The minimum Gasteiger partial charge on any atom is -0.382 e. The van der Waals surface area contributed by atoms with Crippen molar-refractivity contribution in [2.75, 3.05) is 33.2 Å². The highest BCUT2D eigenvalue weighted by atomic mass is 32.7. The third kappa shape index (κ3) is 7.36. The molecule has 2 saturated heterocycles. The summed E-state index contributed by atoms with van der Waals surface area (Å²) < 4.78 is 39.0. The summed E-state index contributed by atoms with van der Waals surface area (Å²) in [6.07, 6.45) is 0.596. The van der Waals surface area contributed by atoms with Crippen LogP contribution in [0.1, 0.15) is 12.8 Å². The molecule has 0 aliphatic carbocycles. The molecule has 0 bridgehead atoms. The highest BCUT2D eigenvalue weighted by Gasteiger charge is 2.36. The molecule has 27 heavy (non-hydrogen) atoms. The van der Waals surface area contributed by atoms with Crippen LogP contribution in [0, 0.1) is 0 Å². The first kappa shape index (κ1) is 23.2. The van der Waals surface area contributed by atoms with E-state index < -0.39 is 12.9 Å². The van der Waals surface area contributed by atoms with Gasteiger partial charge in [-0.1, -0.05) is 0 Å². The van der Waals surface area contributed by atoms with Crippen LogP contribution >= 0.6 is 18.2 Å². The standard InChI is InChI=1S/C14H28B2NO8PS/c1-21-5-10-8(3-12(15)24-10)17-14(18)7-27-26(19,20)23-6-11-9(22-2)4-13(16)25-11/h8-13H,3-7,15-16H2,1-2H3,(H,17,18)(H,19,20)/t8?,9?,10-,11-,12-,13-/m1/s1. The average Bonchev–Trinajstić information content (AvgIpc) is 3.13. The van der Waals surface area contributed by atoms with Crippen LogP contribution in [0.25, 0.3) is 0 Å². The Kier molecular flexibility index (Phi) is 9.15. The van der Waals surface area contributed by atoms with Crippen LogP contribution in [0.5, 0.6) is 0 Å². The molecule has 154 valence electrons. The van der Waals surface area contributed by atoms with Gasteiger partial charge >= 0.3 is 6.80 Å². The van der Waals surface area contributed by atoms with Gasteiger partial charge in [-0.2, -0.15) is 0 Å². The van der Waals surface area contributed by atoms with E-state index in [4.69, 9.17) is 23.5 Å². The zero-order valence-corrected chi connectivity index (χ0v) is 17.9. The van der Waals surface area contributed by atoms with Crippen LogP contribution < -0.4 is 5.32 Å². The number of ether oxygens (including phenoxy) is 4. The fourth-order valence-electron chi connectivity index (χ4n) is 3.34. The van der Waals surface area contributed by atoms with E-state index in [0.717, 1.165) is 0 Å². The van der Waals surface area contributed by atoms with Crippen LogP contribution in [0.2, 0.25) is 0 Å². The van der Waals surface area contributed by atoms with Crippen molar-refractivity contribution in [3.05, 3.63) is 0 Å². The van der Waals surface area contributed by atoms with Gasteiger partial charge < -0.3 is 29.2 Å². The van der Waals surface area contributed by atoms with Crippen molar-refractivity contribution in [2.24, 2.45) is 0 Å². The predicted molar refractivity (Wildman–Crippen MR) is 106 cm³/mol. The molecule has 0 radical (unpaired) electrons. The van der Waals surface area contributed by atoms with Crippen molar-refractivity contribution in [3.8, 4) is 0 Å². The summed E-state index contributed by atoms with van der Waals surface area (Å²) in [5.41, 5.74) is 0. The van der Waals surface area contributed by atoms with Gasteiger partial charge in [0.15, 0.2) is 0 Å². The van der Waals surface area contributed by atoms with Gasteiger partial charge in [-0.3, -0.25) is 9.32 Å². The first-order valence-corrected chi connectivity index (χ1v) is 12.1. The van der Waals surface area contributed by atoms with Crippen LogP contribution in [0.4, 0.5) is 0 Å². The summed E-state index contributed by atoms with van der Waals surface area (Å²) in [6, 6.07) is -0.142. The molecule has 2 rings (SSSR count). The number of nitrogens with one attached hydrogen (secondary N) is 1. The second kappa shape index (κ2) is 10.6. The summed E-state index contributed by atoms with van der Waals surface area (Å²) in [6.45, 7) is -3.66. The molecule has 2 aliphatic rings. The number of carbonyl (C=O) groups excluding carboxylic acids is 1. The van der Waals surface area contributed by atoms with E-state index in [0.29, 0.717) is 30.8 Å². The summed E-state index contributed by atoms with van der Waals surface area (Å²) >= 11 is 0.587. The Bertz CT molecular complexity index is 547. The molecule has 0 aromatic rings.